The Labute approximate surface area is 153 Å². The molecule has 0 aliphatic carbocycles. The molecule has 0 atom stereocenters. The van der Waals surface area contributed by atoms with Gasteiger partial charge in [-0.05, 0) is 54.8 Å². The van der Waals surface area contributed by atoms with Gasteiger partial charge in [-0.1, -0.05) is 12.1 Å². The normalized spacial score (nSPS) is 10.3. The average molecular weight is 357 g/mol. The number of aliphatic carboxylic acids is 1. The lowest BCUT2D eigenvalue weighted by atomic mass is 10.0. The molecule has 0 saturated heterocycles. The Hall–Kier alpha value is -3.02. The molecule has 6 heteroatoms. The van der Waals surface area contributed by atoms with E-state index in [4.69, 9.17) is 14.6 Å². The molecule has 2 rings (SSSR count). The lowest BCUT2D eigenvalue weighted by molar-refractivity contribution is -0.139. The Morgan fingerprint density at radius 2 is 1.77 bits per heavy atom. The largest absolute Gasteiger partial charge is 0.497 e. The van der Waals surface area contributed by atoms with Crippen LogP contribution in [0.1, 0.15) is 27.0 Å². The van der Waals surface area contributed by atoms with Gasteiger partial charge in [-0.2, -0.15) is 0 Å². The predicted molar refractivity (Wildman–Crippen MR) is 97.8 cm³/mol. The lowest BCUT2D eigenvalue weighted by Gasteiger charge is -2.19. The summed E-state index contributed by atoms with van der Waals surface area (Å²) in [7, 11) is 3.34. The maximum atomic E-state index is 12.7. The standard InChI is InChI=1S/C20H23NO5/c1-13-8-16(9-14(2)19(13)26-12-18(22)23)20(24)21(3)11-15-6-5-7-17(10-15)25-4/h5-10H,11-12H2,1-4H3,(H,22,23). The minimum absolute atomic E-state index is 0.121. The summed E-state index contributed by atoms with van der Waals surface area (Å²) in [6.45, 7) is 3.63. The van der Waals surface area contributed by atoms with E-state index in [1.165, 1.54) is 0 Å². The smallest absolute Gasteiger partial charge is 0.341 e. The van der Waals surface area contributed by atoms with Gasteiger partial charge in [0.1, 0.15) is 11.5 Å². The number of carboxylic acids is 1. The van der Waals surface area contributed by atoms with Crippen molar-refractivity contribution in [2.45, 2.75) is 20.4 Å². The number of nitrogens with zero attached hydrogens (tertiary/aromatic N) is 1. The zero-order valence-corrected chi connectivity index (χ0v) is 15.4. The molecule has 0 bridgehead atoms. The van der Waals surface area contributed by atoms with Crippen molar-refractivity contribution in [2.75, 3.05) is 20.8 Å². The SMILES string of the molecule is COc1cccc(CN(C)C(=O)c2cc(C)c(OCC(=O)O)c(C)c2)c1. The minimum Gasteiger partial charge on any atom is -0.497 e. The molecule has 0 unspecified atom stereocenters. The molecule has 0 spiro atoms. The van der Waals surface area contributed by atoms with Crippen LogP contribution in [0.5, 0.6) is 11.5 Å². The summed E-state index contributed by atoms with van der Waals surface area (Å²) >= 11 is 0. The van der Waals surface area contributed by atoms with E-state index in [-0.39, 0.29) is 5.91 Å². The number of hydrogen-bond acceptors (Lipinski definition) is 4. The highest BCUT2D eigenvalue weighted by Gasteiger charge is 2.16. The molecule has 138 valence electrons. The molecule has 1 N–H and O–H groups in total. The van der Waals surface area contributed by atoms with Gasteiger partial charge in [0.15, 0.2) is 6.61 Å². The van der Waals surface area contributed by atoms with E-state index < -0.39 is 12.6 Å². The highest BCUT2D eigenvalue weighted by Crippen LogP contribution is 2.26. The van der Waals surface area contributed by atoms with Gasteiger partial charge >= 0.3 is 5.97 Å². The zero-order valence-electron chi connectivity index (χ0n) is 15.4. The second-order valence-electron chi connectivity index (χ2n) is 6.13. The molecule has 1 amide bonds. The number of carboxylic acid groups (broad SMARTS) is 1. The Morgan fingerprint density at radius 3 is 2.35 bits per heavy atom. The monoisotopic (exact) mass is 357 g/mol. The molecule has 2 aromatic carbocycles. The molecule has 0 saturated carbocycles. The second-order valence-corrected chi connectivity index (χ2v) is 6.13. The Bertz CT molecular complexity index is 793. The van der Waals surface area contributed by atoms with Crippen LogP contribution in [0.2, 0.25) is 0 Å². The van der Waals surface area contributed by atoms with Crippen LogP contribution in [0, 0.1) is 13.8 Å². The molecule has 0 heterocycles. The second kappa shape index (κ2) is 8.38. The summed E-state index contributed by atoms with van der Waals surface area (Å²) in [6, 6.07) is 11.0. The van der Waals surface area contributed by atoms with Gasteiger partial charge in [-0.3, -0.25) is 4.79 Å². The van der Waals surface area contributed by atoms with Gasteiger partial charge in [0.25, 0.3) is 5.91 Å². The first-order valence-corrected chi connectivity index (χ1v) is 8.16. The number of carbonyl (C=O) groups excluding carboxylic acids is 1. The van der Waals surface area contributed by atoms with E-state index in [9.17, 15) is 9.59 Å². The highest BCUT2D eigenvalue weighted by molar-refractivity contribution is 5.94. The van der Waals surface area contributed by atoms with Crippen molar-refractivity contribution in [3.05, 3.63) is 58.7 Å². The van der Waals surface area contributed by atoms with Crippen LogP contribution in [0.4, 0.5) is 0 Å². The molecular formula is C20H23NO5. The molecule has 0 aliphatic rings. The van der Waals surface area contributed by atoms with Gasteiger partial charge in [0.05, 0.1) is 7.11 Å². The van der Waals surface area contributed by atoms with E-state index in [2.05, 4.69) is 0 Å². The first-order valence-electron chi connectivity index (χ1n) is 8.16. The summed E-state index contributed by atoms with van der Waals surface area (Å²) in [5.74, 6) is 0.0835. The van der Waals surface area contributed by atoms with Crippen LogP contribution in [0.25, 0.3) is 0 Å². The van der Waals surface area contributed by atoms with Crippen molar-refractivity contribution in [3.63, 3.8) is 0 Å². The maximum absolute atomic E-state index is 12.7. The molecule has 0 radical (unpaired) electrons. The first-order chi connectivity index (χ1) is 12.3. The van der Waals surface area contributed by atoms with Gasteiger partial charge in [-0.15, -0.1) is 0 Å². The molecule has 26 heavy (non-hydrogen) atoms. The Morgan fingerprint density at radius 1 is 1.12 bits per heavy atom. The van der Waals surface area contributed by atoms with E-state index in [0.29, 0.717) is 17.9 Å². The molecule has 0 aromatic heterocycles. The van der Waals surface area contributed by atoms with Gasteiger partial charge < -0.3 is 19.5 Å². The van der Waals surface area contributed by atoms with Crippen molar-refractivity contribution in [3.8, 4) is 11.5 Å². The van der Waals surface area contributed by atoms with Crippen LogP contribution in [-0.2, 0) is 11.3 Å². The van der Waals surface area contributed by atoms with Crippen molar-refractivity contribution < 1.29 is 24.2 Å². The fourth-order valence-electron chi connectivity index (χ4n) is 2.77. The third-order valence-corrected chi connectivity index (χ3v) is 3.95. The fourth-order valence-corrected chi connectivity index (χ4v) is 2.77. The van der Waals surface area contributed by atoms with Crippen molar-refractivity contribution in [1.82, 2.24) is 4.90 Å². The van der Waals surface area contributed by atoms with E-state index in [0.717, 1.165) is 22.4 Å². The molecule has 6 nitrogen and oxygen atoms in total. The summed E-state index contributed by atoms with van der Waals surface area (Å²) in [4.78, 5) is 25.1. The summed E-state index contributed by atoms with van der Waals surface area (Å²) < 4.78 is 10.5. The van der Waals surface area contributed by atoms with Gasteiger partial charge in [0.2, 0.25) is 0 Å². The lowest BCUT2D eigenvalue weighted by Crippen LogP contribution is -2.26. The number of benzene rings is 2. The number of hydrogen-bond donors (Lipinski definition) is 1. The van der Waals surface area contributed by atoms with Gasteiger partial charge in [0, 0.05) is 19.2 Å². The topological polar surface area (TPSA) is 76.1 Å². The fraction of sp³-hybridized carbons (Fsp3) is 0.300. The number of ether oxygens (including phenoxy) is 2. The Balaban J connectivity index is 2.16. The molecule has 0 aliphatic heterocycles. The quantitative estimate of drug-likeness (QED) is 0.824. The molecular weight excluding hydrogens is 334 g/mol. The van der Waals surface area contributed by atoms with E-state index in [1.807, 2.05) is 24.3 Å². The number of aryl methyl sites for hydroxylation is 2. The van der Waals surface area contributed by atoms with Crippen LogP contribution in [0.3, 0.4) is 0 Å². The number of rotatable bonds is 7. The van der Waals surface area contributed by atoms with Gasteiger partial charge in [-0.25, -0.2) is 4.79 Å². The summed E-state index contributed by atoms with van der Waals surface area (Å²) in [6.07, 6.45) is 0. The van der Waals surface area contributed by atoms with Crippen LogP contribution in [0.15, 0.2) is 36.4 Å². The molecule has 2 aromatic rings. The zero-order chi connectivity index (χ0) is 19.3. The summed E-state index contributed by atoms with van der Waals surface area (Å²) in [5, 5.41) is 8.75. The van der Waals surface area contributed by atoms with Crippen LogP contribution >= 0.6 is 0 Å². The minimum atomic E-state index is -1.04. The number of amides is 1. The third kappa shape index (κ3) is 4.75. The van der Waals surface area contributed by atoms with Crippen LogP contribution in [-0.4, -0.2) is 42.6 Å². The number of carbonyl (C=O) groups is 2. The van der Waals surface area contributed by atoms with Crippen molar-refractivity contribution in [2.24, 2.45) is 0 Å². The van der Waals surface area contributed by atoms with E-state index in [1.54, 1.807) is 45.0 Å². The van der Waals surface area contributed by atoms with Crippen LogP contribution < -0.4 is 9.47 Å². The maximum Gasteiger partial charge on any atom is 0.341 e. The highest BCUT2D eigenvalue weighted by atomic mass is 16.5. The average Bonchev–Trinajstić information content (AvgIpc) is 2.60. The van der Waals surface area contributed by atoms with Crippen molar-refractivity contribution in [1.29, 1.82) is 0 Å². The molecule has 0 fully saturated rings. The third-order valence-electron chi connectivity index (χ3n) is 3.95. The Kier molecular flexibility index (Phi) is 6.22. The first kappa shape index (κ1) is 19.3. The summed E-state index contributed by atoms with van der Waals surface area (Å²) in [5.41, 5.74) is 2.96. The predicted octanol–water partition coefficient (Wildman–Crippen LogP) is 3.05. The van der Waals surface area contributed by atoms with E-state index >= 15 is 0 Å². The number of methoxy groups -OCH3 is 1. The van der Waals surface area contributed by atoms with Crippen molar-refractivity contribution >= 4 is 11.9 Å².